The van der Waals surface area contributed by atoms with E-state index < -0.39 is 0 Å². The Morgan fingerprint density at radius 2 is 2.00 bits per heavy atom. The Labute approximate surface area is 76.2 Å². The Morgan fingerprint density at radius 1 is 1.15 bits per heavy atom. The number of hydrogen-bond donors (Lipinski definition) is 0. The molecule has 63 valence electrons. The molecule has 2 aromatic rings. The highest BCUT2D eigenvalue weighted by atomic mass is 16.1. The van der Waals surface area contributed by atoms with Gasteiger partial charge in [0, 0.05) is 11.1 Å². The van der Waals surface area contributed by atoms with Crippen LogP contribution >= 0.6 is 0 Å². The molecule has 0 aliphatic rings. The first-order valence-electron chi connectivity index (χ1n) is 4.10. The van der Waals surface area contributed by atoms with Crippen LogP contribution in [-0.2, 0) is 11.2 Å². The minimum atomic E-state index is 0.269. The van der Waals surface area contributed by atoms with Crippen LogP contribution in [-0.4, -0.2) is 11.3 Å². The highest BCUT2D eigenvalue weighted by molar-refractivity contribution is 5.78. The van der Waals surface area contributed by atoms with Crippen LogP contribution in [0.15, 0.2) is 36.4 Å². The van der Waals surface area contributed by atoms with Gasteiger partial charge < -0.3 is 0 Å². The Balaban J connectivity index is 2.55. The summed E-state index contributed by atoms with van der Waals surface area (Å²) in [5, 5.41) is 1.09. The van der Waals surface area contributed by atoms with Crippen molar-refractivity contribution in [3.05, 3.63) is 42.1 Å². The maximum atomic E-state index is 10.1. The van der Waals surface area contributed by atoms with E-state index in [1.165, 1.54) is 0 Å². The predicted molar refractivity (Wildman–Crippen MR) is 51.1 cm³/mol. The van der Waals surface area contributed by atoms with E-state index in [0.29, 0.717) is 0 Å². The van der Waals surface area contributed by atoms with Crippen LogP contribution < -0.4 is 0 Å². The van der Waals surface area contributed by atoms with Gasteiger partial charge in [-0.25, -0.2) is 0 Å². The fraction of sp³-hybridized carbons (Fsp3) is 0.0909. The number of hydrogen-bond acceptors (Lipinski definition) is 2. The average molecular weight is 170 g/mol. The summed E-state index contributed by atoms with van der Waals surface area (Å²) >= 11 is 0. The fourth-order valence-electron chi connectivity index (χ4n) is 1.28. The van der Waals surface area contributed by atoms with Gasteiger partial charge in [0.05, 0.1) is 11.9 Å². The smallest absolute Gasteiger partial charge is 0.204 e. The highest BCUT2D eigenvalue weighted by Crippen LogP contribution is 2.11. The fourth-order valence-corrected chi connectivity index (χ4v) is 1.28. The van der Waals surface area contributed by atoms with Gasteiger partial charge in [0.15, 0.2) is 0 Å². The van der Waals surface area contributed by atoms with Crippen molar-refractivity contribution in [3.8, 4) is 0 Å². The van der Waals surface area contributed by atoms with Gasteiger partial charge in [0.1, 0.15) is 0 Å². The second-order valence-electron chi connectivity index (χ2n) is 2.82. The molecule has 0 fully saturated rings. The minimum absolute atomic E-state index is 0.269. The molecule has 0 bridgehead atoms. The van der Waals surface area contributed by atoms with Crippen molar-refractivity contribution < 1.29 is 4.79 Å². The van der Waals surface area contributed by atoms with Crippen LogP contribution in [0.5, 0.6) is 0 Å². The zero-order valence-corrected chi connectivity index (χ0v) is 7.03. The molecule has 1 heterocycles. The van der Waals surface area contributed by atoms with Crippen LogP contribution in [0.25, 0.3) is 10.9 Å². The van der Waals surface area contributed by atoms with E-state index >= 15 is 0 Å². The lowest BCUT2D eigenvalue weighted by atomic mass is 10.2. The minimum Gasteiger partial charge on any atom is -0.290 e. The van der Waals surface area contributed by atoms with Crippen molar-refractivity contribution in [2.75, 3.05) is 0 Å². The summed E-state index contributed by atoms with van der Waals surface area (Å²) in [6.07, 6.45) is 2.10. The van der Waals surface area contributed by atoms with Crippen molar-refractivity contribution in [1.29, 1.82) is 0 Å². The lowest BCUT2D eigenvalue weighted by Crippen LogP contribution is -1.90. The number of nitrogens with zero attached hydrogens (tertiary/aromatic N) is 1. The third kappa shape index (κ3) is 1.56. The highest BCUT2D eigenvalue weighted by Gasteiger charge is 1.96. The first-order chi connectivity index (χ1) is 6.40. The molecule has 0 amide bonds. The average Bonchev–Trinajstić information content (AvgIpc) is 2.18. The van der Waals surface area contributed by atoms with E-state index in [0.717, 1.165) is 16.6 Å². The Hall–Kier alpha value is -1.70. The Bertz CT molecular complexity index is 437. The van der Waals surface area contributed by atoms with Crippen molar-refractivity contribution in [3.63, 3.8) is 0 Å². The van der Waals surface area contributed by atoms with Gasteiger partial charge in [0.25, 0.3) is 0 Å². The summed E-state index contributed by atoms with van der Waals surface area (Å²) in [6, 6.07) is 11.7. The lowest BCUT2D eigenvalue weighted by Gasteiger charge is -1.98. The molecule has 0 aliphatic heterocycles. The number of aromatic nitrogens is 1. The van der Waals surface area contributed by atoms with Gasteiger partial charge in [0.2, 0.25) is 6.29 Å². The van der Waals surface area contributed by atoms with E-state index in [4.69, 9.17) is 0 Å². The molecule has 1 radical (unpaired) electrons. The molecule has 2 rings (SSSR count). The largest absolute Gasteiger partial charge is 0.290 e. The van der Waals surface area contributed by atoms with Gasteiger partial charge in [-0.05, 0) is 12.1 Å². The monoisotopic (exact) mass is 170 g/mol. The van der Waals surface area contributed by atoms with Crippen molar-refractivity contribution in [2.24, 2.45) is 0 Å². The van der Waals surface area contributed by atoms with Gasteiger partial charge in [-0.1, -0.05) is 24.3 Å². The molecule has 13 heavy (non-hydrogen) atoms. The maximum absolute atomic E-state index is 10.1. The molecule has 0 atom stereocenters. The predicted octanol–water partition coefficient (Wildman–Crippen LogP) is 1.89. The third-order valence-corrected chi connectivity index (χ3v) is 1.91. The second-order valence-corrected chi connectivity index (χ2v) is 2.82. The number of carbonyl (C=O) groups excluding carboxylic acids is 1. The molecule has 2 heteroatoms. The van der Waals surface area contributed by atoms with E-state index in [2.05, 4.69) is 4.98 Å². The van der Waals surface area contributed by atoms with Crippen LogP contribution in [0.2, 0.25) is 0 Å². The quantitative estimate of drug-likeness (QED) is 0.688. The number of benzene rings is 1. The van der Waals surface area contributed by atoms with E-state index in [1.807, 2.05) is 42.7 Å². The van der Waals surface area contributed by atoms with Crippen molar-refractivity contribution in [2.45, 2.75) is 6.42 Å². The van der Waals surface area contributed by atoms with Gasteiger partial charge in [-0.3, -0.25) is 9.78 Å². The number of fused-ring (bicyclic) bond motifs is 1. The van der Waals surface area contributed by atoms with E-state index in [1.54, 1.807) is 0 Å². The first-order valence-corrected chi connectivity index (χ1v) is 4.10. The van der Waals surface area contributed by atoms with E-state index in [-0.39, 0.29) is 6.42 Å². The van der Waals surface area contributed by atoms with Gasteiger partial charge in [-0.15, -0.1) is 0 Å². The normalized spacial score (nSPS) is 10.2. The standard InChI is InChI=1S/C11H8NO/c13-8-7-10-6-5-9-3-1-2-4-11(9)12-10/h1-6H,7H2. The number of para-hydroxylation sites is 1. The molecular formula is C11H8NO. The summed E-state index contributed by atoms with van der Waals surface area (Å²) < 4.78 is 0. The van der Waals surface area contributed by atoms with Gasteiger partial charge >= 0.3 is 0 Å². The van der Waals surface area contributed by atoms with Crippen LogP contribution in [0, 0.1) is 0 Å². The number of pyridine rings is 1. The molecule has 0 saturated heterocycles. The van der Waals surface area contributed by atoms with Crippen LogP contribution in [0.4, 0.5) is 0 Å². The summed E-state index contributed by atoms with van der Waals surface area (Å²) in [4.78, 5) is 14.4. The van der Waals surface area contributed by atoms with Gasteiger partial charge in [-0.2, -0.15) is 0 Å². The first kappa shape index (κ1) is 7.92. The maximum Gasteiger partial charge on any atom is 0.204 e. The van der Waals surface area contributed by atoms with Crippen LogP contribution in [0.3, 0.4) is 0 Å². The third-order valence-electron chi connectivity index (χ3n) is 1.91. The second kappa shape index (κ2) is 3.35. The summed E-state index contributed by atoms with van der Waals surface area (Å²) in [6.45, 7) is 0. The Kier molecular flexibility index (Phi) is 2.04. The Morgan fingerprint density at radius 3 is 2.85 bits per heavy atom. The zero-order chi connectivity index (χ0) is 9.10. The van der Waals surface area contributed by atoms with E-state index in [9.17, 15) is 4.79 Å². The van der Waals surface area contributed by atoms with Crippen LogP contribution in [0.1, 0.15) is 5.69 Å². The summed E-state index contributed by atoms with van der Waals surface area (Å²) in [5.41, 5.74) is 1.70. The lowest BCUT2D eigenvalue weighted by molar-refractivity contribution is 0.554. The topological polar surface area (TPSA) is 30.0 Å². The zero-order valence-electron chi connectivity index (χ0n) is 7.03. The molecule has 1 aromatic carbocycles. The molecule has 0 spiro atoms. The molecule has 1 aromatic heterocycles. The number of rotatable bonds is 2. The van der Waals surface area contributed by atoms with Crippen molar-refractivity contribution in [1.82, 2.24) is 4.98 Å². The SMILES string of the molecule is O=[C]Cc1ccc2ccccc2n1. The molecule has 0 aliphatic carbocycles. The summed E-state index contributed by atoms with van der Waals surface area (Å²) in [5.74, 6) is 0. The molecule has 2 nitrogen and oxygen atoms in total. The summed E-state index contributed by atoms with van der Waals surface area (Å²) in [7, 11) is 0. The molecule has 0 unspecified atom stereocenters. The molecule has 0 N–H and O–H groups in total. The molecular weight excluding hydrogens is 162 g/mol. The molecule has 0 saturated carbocycles. The van der Waals surface area contributed by atoms with Crippen molar-refractivity contribution >= 4 is 17.2 Å².